The first kappa shape index (κ1) is 16.1. The Labute approximate surface area is 144 Å². The summed E-state index contributed by atoms with van der Waals surface area (Å²) in [6.45, 7) is 0. The van der Waals surface area contributed by atoms with E-state index in [0.29, 0.717) is 11.5 Å². The first-order chi connectivity index (χ1) is 11.7. The van der Waals surface area contributed by atoms with Gasteiger partial charge in [-0.25, -0.2) is 4.98 Å². The van der Waals surface area contributed by atoms with E-state index in [1.54, 1.807) is 32.7 Å². The first-order valence-electron chi connectivity index (χ1n) is 7.33. The van der Waals surface area contributed by atoms with Gasteiger partial charge in [-0.3, -0.25) is 0 Å². The van der Waals surface area contributed by atoms with Gasteiger partial charge >= 0.3 is 0 Å². The highest BCUT2D eigenvalue weighted by molar-refractivity contribution is 7.19. The molecule has 0 atom stereocenters. The van der Waals surface area contributed by atoms with Crippen LogP contribution in [0, 0.1) is 0 Å². The lowest BCUT2D eigenvalue weighted by Crippen LogP contribution is -1.93. The van der Waals surface area contributed by atoms with E-state index in [1.165, 1.54) is 0 Å². The number of anilines is 2. The lowest BCUT2D eigenvalue weighted by Gasteiger charge is -2.09. The van der Waals surface area contributed by atoms with Gasteiger partial charge in [0.15, 0.2) is 16.6 Å². The van der Waals surface area contributed by atoms with Crippen LogP contribution in [0.4, 0.5) is 10.8 Å². The van der Waals surface area contributed by atoms with E-state index in [4.69, 9.17) is 14.2 Å². The predicted octanol–water partition coefficient (Wildman–Crippen LogP) is 4.58. The third-order valence-electron chi connectivity index (χ3n) is 3.51. The van der Waals surface area contributed by atoms with Crippen molar-refractivity contribution in [3.05, 3.63) is 48.7 Å². The average molecular weight is 342 g/mol. The van der Waals surface area contributed by atoms with E-state index in [-0.39, 0.29) is 0 Å². The highest BCUT2D eigenvalue weighted by Crippen LogP contribution is 2.37. The molecule has 3 rings (SSSR count). The van der Waals surface area contributed by atoms with Gasteiger partial charge in [-0.15, -0.1) is 0 Å². The highest BCUT2D eigenvalue weighted by atomic mass is 32.1. The van der Waals surface area contributed by atoms with Gasteiger partial charge in [0.25, 0.3) is 0 Å². The maximum absolute atomic E-state index is 5.41. The summed E-state index contributed by atoms with van der Waals surface area (Å²) in [5.41, 5.74) is 1.91. The number of nitrogens with one attached hydrogen (secondary N) is 1. The molecule has 0 radical (unpaired) electrons. The maximum Gasteiger partial charge on any atom is 0.187 e. The first-order valence-corrected chi connectivity index (χ1v) is 8.15. The molecule has 2 aromatic carbocycles. The fourth-order valence-electron chi connectivity index (χ4n) is 2.34. The molecule has 0 unspecified atom stereocenters. The predicted molar refractivity (Wildman–Crippen MR) is 96.9 cm³/mol. The van der Waals surface area contributed by atoms with Crippen molar-refractivity contribution in [1.82, 2.24) is 4.98 Å². The molecule has 6 heteroatoms. The van der Waals surface area contributed by atoms with Crippen LogP contribution in [0.3, 0.4) is 0 Å². The minimum atomic E-state index is 0.670. The van der Waals surface area contributed by atoms with Gasteiger partial charge in [0.2, 0.25) is 0 Å². The third kappa shape index (κ3) is 3.28. The van der Waals surface area contributed by atoms with Crippen LogP contribution in [0.5, 0.6) is 17.2 Å². The number of ether oxygens (including phenoxy) is 3. The van der Waals surface area contributed by atoms with E-state index in [1.807, 2.05) is 48.7 Å². The number of nitrogens with zero attached hydrogens (tertiary/aromatic N) is 1. The molecule has 24 heavy (non-hydrogen) atoms. The van der Waals surface area contributed by atoms with Gasteiger partial charge in [0, 0.05) is 23.5 Å². The molecule has 5 nitrogen and oxygen atoms in total. The molecule has 1 N–H and O–H groups in total. The summed E-state index contributed by atoms with van der Waals surface area (Å²) >= 11 is 1.56. The minimum Gasteiger partial charge on any atom is -0.496 e. The largest absolute Gasteiger partial charge is 0.496 e. The number of para-hydroxylation sites is 1. The zero-order chi connectivity index (χ0) is 16.9. The van der Waals surface area contributed by atoms with Crippen LogP contribution < -0.4 is 19.5 Å². The summed E-state index contributed by atoms with van der Waals surface area (Å²) in [6.07, 6.45) is 1.84. The lowest BCUT2D eigenvalue weighted by atomic mass is 10.2. The van der Waals surface area contributed by atoms with E-state index in [0.717, 1.165) is 27.0 Å². The van der Waals surface area contributed by atoms with E-state index in [9.17, 15) is 0 Å². The van der Waals surface area contributed by atoms with Gasteiger partial charge in [-0.2, -0.15) is 0 Å². The van der Waals surface area contributed by atoms with Gasteiger partial charge in [-0.1, -0.05) is 23.5 Å². The molecule has 0 saturated heterocycles. The second kappa shape index (κ2) is 7.23. The molecule has 3 aromatic rings. The van der Waals surface area contributed by atoms with Crippen molar-refractivity contribution in [2.45, 2.75) is 0 Å². The number of benzene rings is 2. The Morgan fingerprint density at radius 1 is 0.875 bits per heavy atom. The van der Waals surface area contributed by atoms with Crippen LogP contribution in [-0.2, 0) is 0 Å². The van der Waals surface area contributed by atoms with E-state index in [2.05, 4.69) is 10.3 Å². The van der Waals surface area contributed by atoms with Crippen molar-refractivity contribution in [2.24, 2.45) is 0 Å². The molecule has 0 amide bonds. The summed E-state index contributed by atoms with van der Waals surface area (Å²) in [6, 6.07) is 13.6. The fraction of sp³-hybridized carbons (Fsp3) is 0.167. The molecule has 0 bridgehead atoms. The SMILES string of the molecule is COc1ccc(Nc2ncc(-c3ccccc3OC)s2)cc1OC. The molecular formula is C18H18N2O3S. The quantitative estimate of drug-likeness (QED) is 0.710. The van der Waals surface area contributed by atoms with Crippen molar-refractivity contribution in [1.29, 1.82) is 0 Å². The lowest BCUT2D eigenvalue weighted by molar-refractivity contribution is 0.355. The Balaban J connectivity index is 1.84. The van der Waals surface area contributed by atoms with Crippen LogP contribution in [0.25, 0.3) is 10.4 Å². The third-order valence-corrected chi connectivity index (χ3v) is 4.46. The van der Waals surface area contributed by atoms with Crippen LogP contribution in [0.2, 0.25) is 0 Å². The van der Waals surface area contributed by atoms with Crippen molar-refractivity contribution < 1.29 is 14.2 Å². The van der Waals surface area contributed by atoms with Crippen LogP contribution in [-0.4, -0.2) is 26.3 Å². The molecule has 1 aromatic heterocycles. The molecule has 0 spiro atoms. The van der Waals surface area contributed by atoms with Crippen molar-refractivity contribution in [3.63, 3.8) is 0 Å². The zero-order valence-electron chi connectivity index (χ0n) is 13.7. The summed E-state index contributed by atoms with van der Waals surface area (Å²) < 4.78 is 16.0. The van der Waals surface area contributed by atoms with E-state index < -0.39 is 0 Å². The highest BCUT2D eigenvalue weighted by Gasteiger charge is 2.10. The fourth-order valence-corrected chi connectivity index (χ4v) is 3.21. The summed E-state index contributed by atoms with van der Waals surface area (Å²) in [5, 5.41) is 4.08. The summed E-state index contributed by atoms with van der Waals surface area (Å²) in [4.78, 5) is 5.48. The molecule has 0 fully saturated rings. The number of hydrogen-bond donors (Lipinski definition) is 1. The minimum absolute atomic E-state index is 0.670. The van der Waals surface area contributed by atoms with Crippen molar-refractivity contribution in [2.75, 3.05) is 26.6 Å². The zero-order valence-corrected chi connectivity index (χ0v) is 14.5. The standard InChI is InChI=1S/C18H18N2O3S/c1-21-14-7-5-4-6-13(14)17-11-19-18(24-17)20-12-8-9-15(22-2)16(10-12)23-3/h4-11H,1-3H3,(H,19,20). The van der Waals surface area contributed by atoms with E-state index >= 15 is 0 Å². The Morgan fingerprint density at radius 3 is 2.38 bits per heavy atom. The molecule has 0 aliphatic heterocycles. The Kier molecular flexibility index (Phi) is 4.86. The summed E-state index contributed by atoms with van der Waals surface area (Å²) in [5.74, 6) is 2.19. The molecule has 124 valence electrons. The number of aromatic nitrogens is 1. The van der Waals surface area contributed by atoms with Crippen LogP contribution in [0.1, 0.15) is 0 Å². The molecular weight excluding hydrogens is 324 g/mol. The molecule has 0 aliphatic carbocycles. The normalized spacial score (nSPS) is 10.3. The van der Waals surface area contributed by atoms with Gasteiger partial charge in [-0.05, 0) is 24.3 Å². The number of hydrogen-bond acceptors (Lipinski definition) is 6. The average Bonchev–Trinajstić information content (AvgIpc) is 3.09. The topological polar surface area (TPSA) is 52.6 Å². The van der Waals surface area contributed by atoms with Crippen LogP contribution >= 0.6 is 11.3 Å². The Morgan fingerprint density at radius 2 is 1.62 bits per heavy atom. The van der Waals surface area contributed by atoms with Gasteiger partial charge in [0.05, 0.1) is 26.2 Å². The smallest absolute Gasteiger partial charge is 0.187 e. The molecule has 0 saturated carbocycles. The summed E-state index contributed by atoms with van der Waals surface area (Å²) in [7, 11) is 4.90. The monoisotopic (exact) mass is 342 g/mol. The second-order valence-corrected chi connectivity index (χ2v) is 5.96. The van der Waals surface area contributed by atoms with Crippen LogP contribution in [0.15, 0.2) is 48.7 Å². The van der Waals surface area contributed by atoms with Gasteiger partial charge < -0.3 is 19.5 Å². The number of thiazole rings is 1. The molecule has 1 heterocycles. The molecule has 0 aliphatic rings. The van der Waals surface area contributed by atoms with Crippen molar-refractivity contribution in [3.8, 4) is 27.7 Å². The Bertz CT molecular complexity index is 833. The van der Waals surface area contributed by atoms with Gasteiger partial charge in [0.1, 0.15) is 5.75 Å². The number of methoxy groups -OCH3 is 3. The Hall–Kier alpha value is -2.73. The van der Waals surface area contributed by atoms with Crippen molar-refractivity contribution >= 4 is 22.2 Å². The maximum atomic E-state index is 5.41. The second-order valence-electron chi connectivity index (χ2n) is 4.92. The number of rotatable bonds is 6.